The molecule has 38 heavy (non-hydrogen) atoms. The molecule has 9 nitrogen and oxygen atoms in total. The number of carbonyl (C=O) groups is 3. The van der Waals surface area contributed by atoms with Crippen molar-refractivity contribution < 1.29 is 42.2 Å². The summed E-state index contributed by atoms with van der Waals surface area (Å²) >= 11 is 7.15. The highest BCUT2D eigenvalue weighted by Gasteiger charge is 2.37. The second-order valence-corrected chi connectivity index (χ2v) is 9.66. The van der Waals surface area contributed by atoms with Gasteiger partial charge in [0, 0.05) is 30.2 Å². The number of nitrogens with one attached hydrogen (secondary N) is 1. The van der Waals surface area contributed by atoms with Crippen LogP contribution < -0.4 is 10.2 Å². The molecule has 0 radical (unpaired) electrons. The first-order valence-electron chi connectivity index (χ1n) is 10.8. The largest absolute Gasteiger partial charge is 0.481 e. The molecular weight excluding hydrogens is 556 g/mol. The van der Waals surface area contributed by atoms with Gasteiger partial charge < -0.3 is 15.1 Å². The van der Waals surface area contributed by atoms with Crippen LogP contribution >= 0.6 is 22.9 Å². The van der Waals surface area contributed by atoms with Crippen LogP contribution in [-0.2, 0) is 15.8 Å². The van der Waals surface area contributed by atoms with Gasteiger partial charge in [0.1, 0.15) is 11.6 Å². The summed E-state index contributed by atoms with van der Waals surface area (Å²) in [7, 11) is 0. The number of nitrogens with zero attached hydrogens (tertiary/aromatic N) is 3. The van der Waals surface area contributed by atoms with E-state index in [9.17, 15) is 42.2 Å². The lowest BCUT2D eigenvalue weighted by atomic mass is 9.89. The van der Waals surface area contributed by atoms with Crippen molar-refractivity contribution in [2.45, 2.75) is 12.6 Å². The minimum atomic E-state index is -4.89. The van der Waals surface area contributed by atoms with Gasteiger partial charge in [0.25, 0.3) is 5.91 Å². The summed E-state index contributed by atoms with van der Waals surface area (Å²) in [4.78, 5) is 45.2. The summed E-state index contributed by atoms with van der Waals surface area (Å²) < 4.78 is 53.5. The van der Waals surface area contributed by atoms with Crippen LogP contribution in [0.5, 0.6) is 0 Å². The van der Waals surface area contributed by atoms with Gasteiger partial charge in [-0.1, -0.05) is 17.7 Å². The Hall–Kier alpha value is -3.78. The number of halogens is 5. The van der Waals surface area contributed by atoms with Gasteiger partial charge in [-0.2, -0.15) is 13.2 Å². The summed E-state index contributed by atoms with van der Waals surface area (Å²) in [5.74, 6) is -6.30. The number of thiazole rings is 1. The lowest BCUT2D eigenvalue weighted by molar-refractivity contribution is -0.146. The molecule has 1 aliphatic heterocycles. The molecule has 200 valence electrons. The average Bonchev–Trinajstić information content (AvgIpc) is 3.31. The van der Waals surface area contributed by atoms with E-state index in [0.717, 1.165) is 29.7 Å². The first-order valence-corrected chi connectivity index (χ1v) is 12.1. The zero-order valence-corrected chi connectivity index (χ0v) is 20.6. The normalized spacial score (nSPS) is 17.8. The first-order chi connectivity index (χ1) is 17.8. The Balaban J connectivity index is 1.51. The Kier molecular flexibility index (Phi) is 7.56. The smallest absolute Gasteiger partial charge is 0.419 e. The van der Waals surface area contributed by atoms with Crippen LogP contribution in [0.3, 0.4) is 0 Å². The van der Waals surface area contributed by atoms with E-state index in [4.69, 9.17) is 11.6 Å². The lowest BCUT2D eigenvalue weighted by Gasteiger charge is -2.35. The van der Waals surface area contributed by atoms with Crippen molar-refractivity contribution in [1.82, 2.24) is 9.97 Å². The maximum absolute atomic E-state index is 14.4. The molecule has 0 unspecified atom stereocenters. The molecule has 3 aromatic rings. The number of amides is 1. The highest BCUT2D eigenvalue weighted by molar-refractivity contribution is 7.14. The summed E-state index contributed by atoms with van der Waals surface area (Å²) in [6.45, 7) is -0.0449. The predicted octanol–water partition coefficient (Wildman–Crippen LogP) is 4.88. The fourth-order valence-electron chi connectivity index (χ4n) is 3.99. The number of hydrogen-bond acceptors (Lipinski definition) is 7. The predicted molar refractivity (Wildman–Crippen MR) is 129 cm³/mol. The maximum Gasteiger partial charge on any atom is 0.419 e. The number of rotatable bonds is 6. The summed E-state index contributed by atoms with van der Waals surface area (Å²) in [5.41, 5.74) is -1.95. The molecule has 1 amide bonds. The van der Waals surface area contributed by atoms with Crippen molar-refractivity contribution in [3.63, 3.8) is 0 Å². The fraction of sp³-hybridized carbons (Fsp3) is 0.261. The number of aromatic nitrogens is 2. The van der Waals surface area contributed by atoms with Crippen molar-refractivity contribution >= 4 is 51.7 Å². The van der Waals surface area contributed by atoms with E-state index in [1.54, 1.807) is 0 Å². The van der Waals surface area contributed by atoms with Crippen LogP contribution in [0.1, 0.15) is 22.3 Å². The van der Waals surface area contributed by atoms with E-state index >= 15 is 0 Å². The first kappa shape index (κ1) is 27.3. The number of alkyl halides is 3. The summed E-state index contributed by atoms with van der Waals surface area (Å²) in [6.07, 6.45) is -3.78. The minimum absolute atomic E-state index is 0.0216. The van der Waals surface area contributed by atoms with Crippen molar-refractivity contribution in [1.29, 1.82) is 0 Å². The monoisotopic (exact) mass is 572 g/mol. The number of carboxylic acid groups (broad SMARTS) is 2. The number of carboxylic acids is 2. The SMILES string of the molecule is O=C(Nc1nc(-c2cccc(C(F)(F)F)c2F)cs1)c1cnc(N2C[C@H](C(=O)O)C[C@@H](C(=O)O)C2)c(Cl)c1. The number of carbonyl (C=O) groups excluding carboxylic acids is 1. The maximum atomic E-state index is 14.4. The van der Waals surface area contributed by atoms with Gasteiger partial charge in [0.2, 0.25) is 0 Å². The molecule has 15 heteroatoms. The molecule has 2 atom stereocenters. The van der Waals surface area contributed by atoms with Gasteiger partial charge in [0.15, 0.2) is 5.13 Å². The standard InChI is InChI=1S/C23H17ClF4N4O5S/c24-15-5-10(6-29-18(15)32-7-11(20(34)35)4-12(8-32)21(36)37)19(33)31-22-30-16(9-38-22)13-2-1-3-14(17(13)25)23(26,27)28/h1-3,5-6,9,11-12H,4,7-8H2,(H,34,35)(H,36,37)(H,30,31,33)/t11-,12-/m1/s1. The second kappa shape index (κ2) is 10.5. The van der Waals surface area contributed by atoms with Crippen LogP contribution in [-0.4, -0.2) is 51.1 Å². The summed E-state index contributed by atoms with van der Waals surface area (Å²) in [6, 6.07) is 4.05. The van der Waals surface area contributed by atoms with Gasteiger partial charge in [0.05, 0.1) is 33.7 Å². The quantitative estimate of drug-likeness (QED) is 0.356. The Morgan fingerprint density at radius 2 is 1.79 bits per heavy atom. The third-order valence-corrected chi connectivity index (χ3v) is 6.87. The molecule has 0 spiro atoms. The Bertz CT molecular complexity index is 1390. The fourth-order valence-corrected chi connectivity index (χ4v) is 4.98. The number of hydrogen-bond donors (Lipinski definition) is 3. The van der Waals surface area contributed by atoms with Crippen molar-refractivity contribution in [2.24, 2.45) is 11.8 Å². The molecule has 0 bridgehead atoms. The molecular formula is C23H17ClF4N4O5S. The summed E-state index contributed by atoms with van der Waals surface area (Å²) in [5, 5.41) is 22.4. The highest BCUT2D eigenvalue weighted by atomic mass is 35.5. The number of aliphatic carboxylic acids is 2. The van der Waals surface area contributed by atoms with Gasteiger partial charge in [-0.3, -0.25) is 19.7 Å². The third-order valence-electron chi connectivity index (χ3n) is 5.84. The zero-order chi connectivity index (χ0) is 27.8. The molecule has 0 saturated carbocycles. The second-order valence-electron chi connectivity index (χ2n) is 8.40. The van der Waals surface area contributed by atoms with Crippen LogP contribution in [0.15, 0.2) is 35.8 Å². The number of pyridine rings is 1. The topological polar surface area (TPSA) is 133 Å². The number of benzene rings is 1. The average molecular weight is 573 g/mol. The van der Waals surface area contributed by atoms with E-state index in [1.807, 2.05) is 0 Å². The van der Waals surface area contributed by atoms with Crippen LogP contribution in [0.2, 0.25) is 5.02 Å². The molecule has 3 N–H and O–H groups in total. The van der Waals surface area contributed by atoms with Crippen LogP contribution in [0.25, 0.3) is 11.3 Å². The Labute approximate surface area is 220 Å². The van der Waals surface area contributed by atoms with Gasteiger partial charge in [-0.15, -0.1) is 11.3 Å². The van der Waals surface area contributed by atoms with Crippen molar-refractivity contribution in [3.05, 3.63) is 57.8 Å². The number of piperidine rings is 1. The Morgan fingerprint density at radius 3 is 2.37 bits per heavy atom. The molecule has 4 rings (SSSR count). The Morgan fingerprint density at radius 1 is 1.13 bits per heavy atom. The van der Waals surface area contributed by atoms with E-state index in [1.165, 1.54) is 16.3 Å². The number of anilines is 2. The highest BCUT2D eigenvalue weighted by Crippen LogP contribution is 2.36. The molecule has 1 aliphatic rings. The van der Waals surface area contributed by atoms with Crippen molar-refractivity contribution in [2.75, 3.05) is 23.3 Å². The molecule has 1 saturated heterocycles. The van der Waals surface area contributed by atoms with E-state index in [2.05, 4.69) is 15.3 Å². The molecule has 1 aromatic carbocycles. The van der Waals surface area contributed by atoms with E-state index in [-0.39, 0.29) is 52.3 Å². The zero-order valence-electron chi connectivity index (χ0n) is 19.0. The van der Waals surface area contributed by atoms with E-state index < -0.39 is 47.2 Å². The molecule has 2 aromatic heterocycles. The van der Waals surface area contributed by atoms with E-state index in [0.29, 0.717) is 6.07 Å². The lowest BCUT2D eigenvalue weighted by Crippen LogP contribution is -2.46. The van der Waals surface area contributed by atoms with Gasteiger partial charge in [-0.05, 0) is 24.6 Å². The molecule has 3 heterocycles. The third kappa shape index (κ3) is 5.70. The van der Waals surface area contributed by atoms with Crippen molar-refractivity contribution in [3.8, 4) is 11.3 Å². The van der Waals surface area contributed by atoms with Crippen LogP contribution in [0.4, 0.5) is 28.5 Å². The van der Waals surface area contributed by atoms with Crippen LogP contribution in [0, 0.1) is 17.7 Å². The van der Waals surface area contributed by atoms with Gasteiger partial charge in [-0.25, -0.2) is 14.4 Å². The minimum Gasteiger partial charge on any atom is -0.481 e. The molecule has 0 aliphatic carbocycles. The molecule has 1 fully saturated rings. The van der Waals surface area contributed by atoms with Gasteiger partial charge >= 0.3 is 18.1 Å².